The highest BCUT2D eigenvalue weighted by Gasteiger charge is 2.16. The van der Waals surface area contributed by atoms with Crippen LogP contribution in [0.4, 0.5) is 8.78 Å². The molecule has 0 bridgehead atoms. The Kier molecular flexibility index (Phi) is 3.19. The van der Waals surface area contributed by atoms with Crippen LogP contribution in [0.3, 0.4) is 0 Å². The second kappa shape index (κ2) is 4.00. The van der Waals surface area contributed by atoms with Gasteiger partial charge in [-0.1, -0.05) is 15.9 Å². The fourth-order valence-corrected chi connectivity index (χ4v) is 1.29. The number of aromatic nitrogens is 1. The van der Waals surface area contributed by atoms with Crippen molar-refractivity contribution >= 4 is 15.9 Å². The van der Waals surface area contributed by atoms with E-state index < -0.39 is 6.43 Å². The van der Waals surface area contributed by atoms with Gasteiger partial charge in [0.25, 0.3) is 6.43 Å². The Bertz CT molecular complexity index is 317. The number of ether oxygens (including phenoxy) is 1. The molecule has 0 aliphatic carbocycles. The quantitative estimate of drug-likeness (QED) is 0.806. The van der Waals surface area contributed by atoms with Gasteiger partial charge in [0.15, 0.2) is 0 Å². The molecule has 1 rings (SSSR count). The summed E-state index contributed by atoms with van der Waals surface area (Å²) >= 11 is 3.15. The lowest BCUT2D eigenvalue weighted by Crippen LogP contribution is -1.98. The molecule has 1 aromatic rings. The summed E-state index contributed by atoms with van der Waals surface area (Å²) in [6.45, 7) is 1.58. The van der Waals surface area contributed by atoms with Crippen molar-refractivity contribution in [2.75, 3.05) is 7.11 Å². The van der Waals surface area contributed by atoms with Crippen LogP contribution in [0.15, 0.2) is 10.5 Å². The van der Waals surface area contributed by atoms with E-state index in [1.54, 1.807) is 13.0 Å². The van der Waals surface area contributed by atoms with E-state index in [9.17, 15) is 8.78 Å². The molecule has 0 atom stereocenters. The van der Waals surface area contributed by atoms with Crippen molar-refractivity contribution < 1.29 is 13.5 Å². The Labute approximate surface area is 83.1 Å². The smallest absolute Gasteiger partial charge is 0.280 e. The number of rotatable bonds is 2. The first-order valence-electron chi connectivity index (χ1n) is 3.55. The molecule has 0 N–H and O–H groups in total. The van der Waals surface area contributed by atoms with Crippen molar-refractivity contribution in [1.82, 2.24) is 4.98 Å². The first kappa shape index (κ1) is 10.4. The molecule has 0 unspecified atom stereocenters. The molecule has 13 heavy (non-hydrogen) atoms. The Morgan fingerprint density at radius 1 is 1.54 bits per heavy atom. The van der Waals surface area contributed by atoms with Gasteiger partial charge < -0.3 is 4.74 Å². The van der Waals surface area contributed by atoms with Gasteiger partial charge in [-0.3, -0.25) is 0 Å². The lowest BCUT2D eigenvalue weighted by Gasteiger charge is -2.08. The number of pyridine rings is 1. The van der Waals surface area contributed by atoms with Crippen LogP contribution in [-0.4, -0.2) is 12.1 Å². The van der Waals surface area contributed by atoms with Crippen molar-refractivity contribution in [2.45, 2.75) is 13.3 Å². The van der Waals surface area contributed by atoms with E-state index >= 15 is 0 Å². The minimum Gasteiger partial charge on any atom is -0.481 e. The molecule has 0 saturated heterocycles. The van der Waals surface area contributed by atoms with Crippen LogP contribution in [0.2, 0.25) is 0 Å². The largest absolute Gasteiger partial charge is 0.481 e. The second-order valence-corrected chi connectivity index (χ2v) is 3.31. The number of methoxy groups -OCH3 is 1. The predicted octanol–water partition coefficient (Wildman–Crippen LogP) is 3.10. The maximum atomic E-state index is 12.4. The minimum atomic E-state index is -2.58. The highest BCUT2D eigenvalue weighted by molar-refractivity contribution is 9.10. The van der Waals surface area contributed by atoms with Gasteiger partial charge in [0.05, 0.1) is 7.11 Å². The Balaban J connectivity index is 3.25. The van der Waals surface area contributed by atoms with E-state index in [0.29, 0.717) is 10.0 Å². The van der Waals surface area contributed by atoms with E-state index in [0.717, 1.165) is 0 Å². The molecule has 72 valence electrons. The summed E-state index contributed by atoms with van der Waals surface area (Å²) in [5.74, 6) is 0.188. The van der Waals surface area contributed by atoms with Crippen LogP contribution in [0.25, 0.3) is 0 Å². The summed E-state index contributed by atoms with van der Waals surface area (Å²) in [4.78, 5) is 3.65. The summed E-state index contributed by atoms with van der Waals surface area (Å²) < 4.78 is 30.1. The van der Waals surface area contributed by atoms with Crippen molar-refractivity contribution in [1.29, 1.82) is 0 Å². The summed E-state index contributed by atoms with van der Waals surface area (Å²) in [6, 6.07) is 1.56. The maximum Gasteiger partial charge on any atom is 0.280 e. The molecule has 1 heterocycles. The fourth-order valence-electron chi connectivity index (χ4n) is 0.891. The van der Waals surface area contributed by atoms with Crippen LogP contribution in [0.1, 0.15) is 17.7 Å². The number of halogens is 3. The molecule has 5 heteroatoms. The molecule has 1 aromatic heterocycles. The third-order valence-electron chi connectivity index (χ3n) is 1.64. The minimum absolute atomic E-state index is 0.188. The highest BCUT2D eigenvalue weighted by atomic mass is 79.9. The van der Waals surface area contributed by atoms with Crippen molar-refractivity contribution in [3.8, 4) is 5.88 Å². The molecule has 0 radical (unpaired) electrons. The predicted molar refractivity (Wildman–Crippen MR) is 48.2 cm³/mol. The average Bonchev–Trinajstić information content (AvgIpc) is 2.09. The van der Waals surface area contributed by atoms with E-state index in [2.05, 4.69) is 20.9 Å². The van der Waals surface area contributed by atoms with E-state index in [-0.39, 0.29) is 11.6 Å². The van der Waals surface area contributed by atoms with Crippen LogP contribution in [0.5, 0.6) is 5.88 Å². The van der Waals surface area contributed by atoms with Gasteiger partial charge in [-0.25, -0.2) is 13.8 Å². The van der Waals surface area contributed by atoms with E-state index in [1.165, 1.54) is 7.11 Å². The Hall–Kier alpha value is -0.710. The van der Waals surface area contributed by atoms with Crippen molar-refractivity contribution in [3.63, 3.8) is 0 Å². The lowest BCUT2D eigenvalue weighted by molar-refractivity contribution is 0.144. The highest BCUT2D eigenvalue weighted by Crippen LogP contribution is 2.29. The molecular weight excluding hydrogens is 244 g/mol. The fraction of sp³-hybridized carbons (Fsp3) is 0.375. The SMILES string of the molecule is COc1cc(Br)c(C)c(C(F)F)n1. The maximum absolute atomic E-state index is 12.4. The topological polar surface area (TPSA) is 22.1 Å². The van der Waals surface area contributed by atoms with Gasteiger partial charge in [-0.05, 0) is 12.5 Å². The third-order valence-corrected chi connectivity index (χ3v) is 2.46. The zero-order valence-electron chi connectivity index (χ0n) is 7.14. The first-order chi connectivity index (χ1) is 6.06. The van der Waals surface area contributed by atoms with Gasteiger partial charge in [0.1, 0.15) is 5.69 Å². The monoisotopic (exact) mass is 251 g/mol. The van der Waals surface area contributed by atoms with E-state index in [4.69, 9.17) is 4.74 Å². The van der Waals surface area contributed by atoms with Crippen LogP contribution in [-0.2, 0) is 0 Å². The Morgan fingerprint density at radius 3 is 2.62 bits per heavy atom. The molecule has 2 nitrogen and oxygen atoms in total. The zero-order valence-corrected chi connectivity index (χ0v) is 8.73. The summed E-state index contributed by atoms with van der Waals surface area (Å²) in [5.41, 5.74) is 0.196. The number of nitrogens with zero attached hydrogens (tertiary/aromatic N) is 1. The van der Waals surface area contributed by atoms with Gasteiger partial charge >= 0.3 is 0 Å². The molecule has 0 aliphatic heterocycles. The zero-order chi connectivity index (χ0) is 10.0. The molecular formula is C8H8BrF2NO. The van der Waals surface area contributed by atoms with Crippen LogP contribution >= 0.6 is 15.9 Å². The second-order valence-electron chi connectivity index (χ2n) is 2.46. The number of alkyl halides is 2. The summed E-state index contributed by atoms with van der Waals surface area (Å²) in [6.07, 6.45) is -2.58. The number of hydrogen-bond donors (Lipinski definition) is 0. The van der Waals surface area contributed by atoms with Gasteiger partial charge in [0, 0.05) is 10.5 Å². The normalized spacial score (nSPS) is 10.6. The molecule has 0 spiro atoms. The third kappa shape index (κ3) is 2.15. The lowest BCUT2D eigenvalue weighted by atomic mass is 10.2. The molecule has 0 fully saturated rings. The number of hydrogen-bond acceptors (Lipinski definition) is 2. The van der Waals surface area contributed by atoms with E-state index in [1.807, 2.05) is 0 Å². The van der Waals surface area contributed by atoms with Crippen molar-refractivity contribution in [2.24, 2.45) is 0 Å². The van der Waals surface area contributed by atoms with Gasteiger partial charge in [-0.15, -0.1) is 0 Å². The summed E-state index contributed by atoms with van der Waals surface area (Å²) in [5, 5.41) is 0. The molecule has 0 amide bonds. The van der Waals surface area contributed by atoms with Gasteiger partial charge in [0.2, 0.25) is 5.88 Å². The van der Waals surface area contributed by atoms with Gasteiger partial charge in [-0.2, -0.15) is 0 Å². The first-order valence-corrected chi connectivity index (χ1v) is 4.34. The molecule has 0 aliphatic rings. The average molecular weight is 252 g/mol. The summed E-state index contributed by atoms with van der Waals surface area (Å²) in [7, 11) is 1.39. The Morgan fingerprint density at radius 2 is 2.15 bits per heavy atom. The van der Waals surface area contributed by atoms with Crippen LogP contribution in [0, 0.1) is 6.92 Å². The standard InChI is InChI=1S/C8H8BrF2NO/c1-4-5(9)3-6(13-2)12-7(4)8(10)11/h3,8H,1-2H3. The van der Waals surface area contributed by atoms with Crippen LogP contribution < -0.4 is 4.74 Å². The molecule has 0 saturated carbocycles. The van der Waals surface area contributed by atoms with Crippen molar-refractivity contribution in [3.05, 3.63) is 21.8 Å². The molecule has 0 aromatic carbocycles.